The Bertz CT molecular complexity index is 1130. The average molecular weight is 547 g/mol. The van der Waals surface area contributed by atoms with Crippen molar-refractivity contribution in [2.24, 2.45) is 10.6 Å². The number of fused-ring (bicyclic) bond motifs is 1. The number of benzene rings is 1. The molecule has 216 valence electrons. The predicted octanol–water partition coefficient (Wildman–Crippen LogP) is 1.57. The minimum atomic E-state index is -1.35. The summed E-state index contributed by atoms with van der Waals surface area (Å²) in [4.78, 5) is 38.6. The first-order chi connectivity index (χ1) is 18.5. The number of aliphatic hydroxyl groups excluding tert-OH is 2. The van der Waals surface area contributed by atoms with Crippen LogP contribution in [-0.4, -0.2) is 114 Å². The minimum Gasteiger partial charge on any atom is -0.390 e. The van der Waals surface area contributed by atoms with Gasteiger partial charge in [-0.15, -0.1) is 0 Å². The molecule has 1 saturated heterocycles. The Morgan fingerprint density at radius 3 is 2.49 bits per heavy atom. The summed E-state index contributed by atoms with van der Waals surface area (Å²) in [5.74, 6) is -0.624. The molecule has 4 atom stereocenters. The van der Waals surface area contributed by atoms with E-state index in [0.717, 1.165) is 16.5 Å². The molecule has 0 radical (unpaired) electrons. The summed E-state index contributed by atoms with van der Waals surface area (Å²) in [6, 6.07) is 7.04. The van der Waals surface area contributed by atoms with Crippen molar-refractivity contribution in [2.75, 3.05) is 47.1 Å². The van der Waals surface area contributed by atoms with E-state index in [0.29, 0.717) is 32.7 Å². The summed E-state index contributed by atoms with van der Waals surface area (Å²) >= 11 is 0. The third-order valence-corrected chi connectivity index (χ3v) is 6.97. The minimum absolute atomic E-state index is 0.0789. The van der Waals surface area contributed by atoms with Crippen LogP contribution < -0.4 is 0 Å². The quantitative estimate of drug-likeness (QED) is 0.287. The Labute approximate surface area is 229 Å². The zero-order chi connectivity index (χ0) is 28.7. The number of nitrogens with zero attached hydrogens (tertiary/aromatic N) is 3. The lowest BCUT2D eigenvalue weighted by Gasteiger charge is -2.34. The molecular formula is C28H42N4O7. The zero-order valence-electron chi connectivity index (χ0n) is 23.7. The van der Waals surface area contributed by atoms with Crippen LogP contribution in [0.2, 0.25) is 0 Å². The molecule has 3 N–H and O–H groups in total. The first kappa shape index (κ1) is 30.6. The van der Waals surface area contributed by atoms with Crippen LogP contribution in [0.5, 0.6) is 0 Å². The van der Waals surface area contributed by atoms with Crippen LogP contribution in [0.15, 0.2) is 35.6 Å². The van der Waals surface area contributed by atoms with Gasteiger partial charge < -0.3 is 39.3 Å². The Morgan fingerprint density at radius 1 is 1.21 bits per heavy atom. The molecule has 2 amide bonds. The van der Waals surface area contributed by atoms with Crippen LogP contribution in [0, 0.1) is 5.41 Å². The number of hydrogen-bond acceptors (Lipinski definition) is 8. The molecule has 11 nitrogen and oxygen atoms in total. The van der Waals surface area contributed by atoms with E-state index in [2.05, 4.69) is 10.1 Å². The molecule has 1 aromatic carbocycles. The normalized spacial score (nSPS) is 17.9. The molecule has 0 bridgehead atoms. The predicted molar refractivity (Wildman–Crippen MR) is 147 cm³/mol. The first-order valence-corrected chi connectivity index (χ1v) is 13.2. The van der Waals surface area contributed by atoms with Crippen molar-refractivity contribution in [3.8, 4) is 0 Å². The van der Waals surface area contributed by atoms with Crippen LogP contribution in [-0.2, 0) is 30.3 Å². The standard InChI is InChI=1S/C28H42N4O7/c1-18(33)25(35)24(26(37-6)28(2,3)4)30-39-17-23(34)31(5)22(27(36)32-11-13-38-14-12-32)15-19-16-29-21-10-8-7-9-20(19)21/h7-10,16,18,22,25-26,29,33,35H,11-15,17H2,1-6H3/b30-24+/t18?,22?,25?,26-/m1/s1. The number of carbonyl (C=O) groups excluding carboxylic acids is 2. The Balaban J connectivity index is 1.81. The molecule has 1 aliphatic rings. The number of aliphatic hydroxyl groups is 2. The second-order valence-corrected chi connectivity index (χ2v) is 11.0. The summed E-state index contributed by atoms with van der Waals surface area (Å²) in [5, 5.41) is 25.6. The van der Waals surface area contributed by atoms with E-state index < -0.39 is 42.3 Å². The van der Waals surface area contributed by atoms with Crippen LogP contribution in [0.25, 0.3) is 10.9 Å². The van der Waals surface area contributed by atoms with Crippen LogP contribution in [0.3, 0.4) is 0 Å². The topological polar surface area (TPSA) is 137 Å². The number of rotatable bonds is 11. The van der Waals surface area contributed by atoms with Crippen molar-refractivity contribution in [1.29, 1.82) is 0 Å². The summed E-state index contributed by atoms with van der Waals surface area (Å²) < 4.78 is 10.9. The maximum Gasteiger partial charge on any atom is 0.263 e. The highest BCUT2D eigenvalue weighted by Gasteiger charge is 2.36. The number of nitrogens with one attached hydrogen (secondary N) is 1. The van der Waals surface area contributed by atoms with Crippen molar-refractivity contribution in [3.05, 3.63) is 36.0 Å². The monoisotopic (exact) mass is 546 g/mol. The molecule has 1 aliphatic heterocycles. The van der Waals surface area contributed by atoms with Crippen LogP contribution in [0.1, 0.15) is 33.3 Å². The lowest BCUT2D eigenvalue weighted by molar-refractivity contribution is -0.149. The van der Waals surface area contributed by atoms with Gasteiger partial charge in [-0.05, 0) is 24.0 Å². The molecule has 0 aliphatic carbocycles. The Hall–Kier alpha value is -2.99. The Morgan fingerprint density at radius 2 is 1.87 bits per heavy atom. The van der Waals surface area contributed by atoms with E-state index in [1.165, 1.54) is 18.9 Å². The smallest absolute Gasteiger partial charge is 0.263 e. The van der Waals surface area contributed by atoms with E-state index in [1.54, 1.807) is 11.9 Å². The molecule has 0 spiro atoms. The van der Waals surface area contributed by atoms with E-state index in [1.807, 2.05) is 51.2 Å². The molecule has 39 heavy (non-hydrogen) atoms. The number of ether oxygens (including phenoxy) is 2. The fraction of sp³-hybridized carbons (Fsp3) is 0.607. The summed E-state index contributed by atoms with van der Waals surface area (Å²) in [5.41, 5.74) is 1.48. The van der Waals surface area contributed by atoms with Gasteiger partial charge in [0.15, 0.2) is 6.61 Å². The highest BCUT2D eigenvalue weighted by atomic mass is 16.6. The number of likely N-dealkylation sites (N-methyl/N-ethyl adjacent to an activating group) is 1. The van der Waals surface area contributed by atoms with Crippen molar-refractivity contribution >= 4 is 28.4 Å². The van der Waals surface area contributed by atoms with Gasteiger partial charge in [0.1, 0.15) is 24.0 Å². The van der Waals surface area contributed by atoms with Gasteiger partial charge in [-0.3, -0.25) is 9.59 Å². The number of carbonyl (C=O) groups is 2. The van der Waals surface area contributed by atoms with Gasteiger partial charge in [-0.1, -0.05) is 44.1 Å². The molecule has 3 rings (SSSR count). The van der Waals surface area contributed by atoms with E-state index >= 15 is 0 Å². The number of oxime groups is 1. The van der Waals surface area contributed by atoms with Gasteiger partial charge in [-0.2, -0.15) is 0 Å². The number of methoxy groups -OCH3 is 1. The Kier molecular flexibility index (Phi) is 10.5. The molecule has 1 fully saturated rings. The highest BCUT2D eigenvalue weighted by Crippen LogP contribution is 2.25. The van der Waals surface area contributed by atoms with Gasteiger partial charge in [0, 0.05) is 50.8 Å². The summed E-state index contributed by atoms with van der Waals surface area (Å²) in [7, 11) is 3.05. The number of aromatic nitrogens is 1. The van der Waals surface area contributed by atoms with Gasteiger partial charge in [0.05, 0.1) is 19.3 Å². The highest BCUT2D eigenvalue weighted by molar-refractivity contribution is 5.93. The van der Waals surface area contributed by atoms with Gasteiger partial charge >= 0.3 is 0 Å². The number of morpholine rings is 1. The maximum atomic E-state index is 13.6. The lowest BCUT2D eigenvalue weighted by Crippen LogP contribution is -2.53. The SMILES string of the molecule is CO[C@H](/C(=N/OCC(=O)N(C)C(Cc1c[nH]c2ccccc12)C(=O)N1CCOCC1)C(O)C(C)O)C(C)(C)C. The second-order valence-electron chi connectivity index (χ2n) is 11.0. The lowest BCUT2D eigenvalue weighted by atomic mass is 9.83. The third kappa shape index (κ3) is 7.57. The van der Waals surface area contributed by atoms with Crippen molar-refractivity contribution in [3.63, 3.8) is 0 Å². The molecule has 2 heterocycles. The van der Waals surface area contributed by atoms with E-state index in [4.69, 9.17) is 14.3 Å². The molecule has 0 saturated carbocycles. The molecule has 3 unspecified atom stereocenters. The van der Waals surface area contributed by atoms with Crippen molar-refractivity contribution in [2.45, 2.75) is 58.5 Å². The average Bonchev–Trinajstić information content (AvgIpc) is 3.32. The number of hydrogen-bond donors (Lipinski definition) is 3. The van der Waals surface area contributed by atoms with E-state index in [9.17, 15) is 19.8 Å². The van der Waals surface area contributed by atoms with Crippen molar-refractivity contribution in [1.82, 2.24) is 14.8 Å². The largest absolute Gasteiger partial charge is 0.390 e. The second kappa shape index (κ2) is 13.4. The molecular weight excluding hydrogens is 504 g/mol. The van der Waals surface area contributed by atoms with Crippen molar-refractivity contribution < 1.29 is 34.1 Å². The van der Waals surface area contributed by atoms with Gasteiger partial charge in [0.2, 0.25) is 5.91 Å². The summed E-state index contributed by atoms with van der Waals surface area (Å²) in [6.07, 6.45) is -0.970. The maximum absolute atomic E-state index is 13.6. The number of H-pyrrole nitrogens is 1. The van der Waals surface area contributed by atoms with Crippen LogP contribution >= 0.6 is 0 Å². The number of amides is 2. The zero-order valence-corrected chi connectivity index (χ0v) is 23.7. The molecule has 1 aromatic heterocycles. The van der Waals surface area contributed by atoms with E-state index in [-0.39, 0.29) is 11.6 Å². The van der Waals surface area contributed by atoms with Gasteiger partial charge in [0.25, 0.3) is 5.91 Å². The fourth-order valence-electron chi connectivity index (χ4n) is 4.75. The number of para-hydroxylation sites is 1. The molecule has 11 heteroatoms. The number of aromatic amines is 1. The summed E-state index contributed by atoms with van der Waals surface area (Å²) in [6.45, 7) is 8.48. The van der Waals surface area contributed by atoms with Gasteiger partial charge in [-0.25, -0.2) is 0 Å². The fourth-order valence-corrected chi connectivity index (χ4v) is 4.75. The van der Waals surface area contributed by atoms with Crippen LogP contribution in [0.4, 0.5) is 0 Å². The first-order valence-electron chi connectivity index (χ1n) is 13.2. The third-order valence-electron chi connectivity index (χ3n) is 6.97. The molecule has 2 aromatic rings.